The third-order valence-corrected chi connectivity index (χ3v) is 2.74. The molecule has 0 amide bonds. The van der Waals surface area contributed by atoms with Gasteiger partial charge in [0.05, 0.1) is 6.26 Å². The van der Waals surface area contributed by atoms with Gasteiger partial charge in [-0.2, -0.15) is 8.42 Å². The van der Waals surface area contributed by atoms with Crippen molar-refractivity contribution < 1.29 is 13.0 Å². The van der Waals surface area contributed by atoms with Crippen LogP contribution in [-0.4, -0.2) is 43.3 Å². The fraction of sp³-hybridized carbons (Fsp3) is 1.00. The van der Waals surface area contributed by atoms with Gasteiger partial charge in [-0.3, -0.25) is 4.55 Å². The highest BCUT2D eigenvalue weighted by molar-refractivity contribution is 7.85. The molecule has 1 N–H and O–H groups in total. The second kappa shape index (κ2) is 8.03. The van der Waals surface area contributed by atoms with Gasteiger partial charge in [0.25, 0.3) is 10.1 Å². The molecular formula is C11H25NO3S. The van der Waals surface area contributed by atoms with E-state index in [4.69, 9.17) is 4.55 Å². The molecular weight excluding hydrogens is 226 g/mol. The molecule has 0 aromatic rings. The minimum atomic E-state index is -3.67. The predicted molar refractivity (Wildman–Crippen MR) is 67.3 cm³/mol. The van der Waals surface area contributed by atoms with Gasteiger partial charge >= 0.3 is 0 Å². The molecule has 0 spiro atoms. The van der Waals surface area contributed by atoms with E-state index in [1.807, 2.05) is 0 Å². The van der Waals surface area contributed by atoms with Gasteiger partial charge < -0.3 is 4.90 Å². The van der Waals surface area contributed by atoms with Crippen LogP contribution in [-0.2, 0) is 10.1 Å². The molecule has 0 saturated carbocycles. The summed E-state index contributed by atoms with van der Waals surface area (Å²) in [6, 6.07) is 0.867. The van der Waals surface area contributed by atoms with Gasteiger partial charge in [-0.1, -0.05) is 19.8 Å². The van der Waals surface area contributed by atoms with Gasteiger partial charge in [0, 0.05) is 6.04 Å². The average Bonchev–Trinajstić information content (AvgIpc) is 2.49. The minimum absolute atomic E-state index is 0.715. The number of nitrogens with zero attached hydrogens (tertiary/aromatic N) is 1. The Morgan fingerprint density at radius 2 is 1.94 bits per heavy atom. The van der Waals surface area contributed by atoms with Crippen LogP contribution in [0.2, 0.25) is 0 Å². The number of likely N-dealkylation sites (tertiary alicyclic amines) is 1. The molecule has 0 radical (unpaired) electrons. The van der Waals surface area contributed by atoms with Crippen molar-refractivity contribution in [2.45, 2.75) is 52.0 Å². The summed E-state index contributed by atoms with van der Waals surface area (Å²) in [4.78, 5) is 2.63. The normalized spacial score (nSPS) is 21.6. The molecule has 1 fully saturated rings. The summed E-state index contributed by atoms with van der Waals surface area (Å²) in [5.74, 6) is 0. The van der Waals surface area contributed by atoms with Gasteiger partial charge in [-0.15, -0.1) is 0 Å². The Bertz CT molecular complexity index is 256. The molecule has 1 aliphatic heterocycles. The highest BCUT2D eigenvalue weighted by atomic mass is 32.2. The molecule has 0 aliphatic carbocycles. The van der Waals surface area contributed by atoms with E-state index in [0.717, 1.165) is 6.04 Å². The first-order valence-electron chi connectivity index (χ1n) is 6.01. The summed E-state index contributed by atoms with van der Waals surface area (Å²) in [7, 11) is -3.67. The fourth-order valence-electron chi connectivity index (χ4n) is 1.89. The van der Waals surface area contributed by atoms with Crippen LogP contribution in [0.1, 0.15) is 46.0 Å². The van der Waals surface area contributed by atoms with Gasteiger partial charge in [0.15, 0.2) is 0 Å². The Balaban J connectivity index is 0.000000385. The van der Waals surface area contributed by atoms with Crippen molar-refractivity contribution in [2.75, 3.05) is 19.3 Å². The zero-order valence-electron chi connectivity index (χ0n) is 10.6. The second-order valence-corrected chi connectivity index (χ2v) is 5.93. The van der Waals surface area contributed by atoms with Gasteiger partial charge in [0.1, 0.15) is 0 Å². The Morgan fingerprint density at radius 3 is 2.31 bits per heavy atom. The molecule has 1 saturated heterocycles. The maximum absolute atomic E-state index is 9.19. The van der Waals surface area contributed by atoms with E-state index >= 15 is 0 Å². The van der Waals surface area contributed by atoms with Crippen molar-refractivity contribution in [2.24, 2.45) is 0 Å². The third kappa shape index (κ3) is 10.4. The van der Waals surface area contributed by atoms with Crippen molar-refractivity contribution in [1.29, 1.82) is 0 Å². The summed E-state index contributed by atoms with van der Waals surface area (Å²) >= 11 is 0. The largest absolute Gasteiger partial charge is 0.301 e. The SMILES string of the molecule is CCCCCN1CCCC1C.CS(=O)(=O)O. The molecule has 1 rings (SSSR count). The lowest BCUT2D eigenvalue weighted by Crippen LogP contribution is -2.27. The summed E-state index contributed by atoms with van der Waals surface area (Å²) < 4.78 is 25.9. The summed E-state index contributed by atoms with van der Waals surface area (Å²) in [6.07, 6.45) is 7.72. The van der Waals surface area contributed by atoms with Crippen molar-refractivity contribution >= 4 is 10.1 Å². The van der Waals surface area contributed by atoms with Crippen LogP contribution in [0.25, 0.3) is 0 Å². The first-order valence-corrected chi connectivity index (χ1v) is 7.86. The van der Waals surface area contributed by atoms with Crippen LogP contribution in [0.3, 0.4) is 0 Å². The lowest BCUT2D eigenvalue weighted by atomic mass is 10.2. The third-order valence-electron chi connectivity index (χ3n) is 2.74. The maximum Gasteiger partial charge on any atom is 0.261 e. The van der Waals surface area contributed by atoms with Crippen molar-refractivity contribution in [3.8, 4) is 0 Å². The maximum atomic E-state index is 9.19. The van der Waals surface area contributed by atoms with Crippen LogP contribution in [0.15, 0.2) is 0 Å². The zero-order chi connectivity index (χ0) is 12.6. The van der Waals surface area contributed by atoms with E-state index in [2.05, 4.69) is 18.7 Å². The van der Waals surface area contributed by atoms with E-state index in [9.17, 15) is 8.42 Å². The molecule has 4 nitrogen and oxygen atoms in total. The molecule has 16 heavy (non-hydrogen) atoms. The van der Waals surface area contributed by atoms with E-state index < -0.39 is 10.1 Å². The fourth-order valence-corrected chi connectivity index (χ4v) is 1.89. The van der Waals surface area contributed by atoms with E-state index in [1.165, 1.54) is 45.2 Å². The number of rotatable bonds is 4. The summed E-state index contributed by atoms with van der Waals surface area (Å²) in [6.45, 7) is 7.33. The number of hydrogen-bond donors (Lipinski definition) is 1. The number of hydrogen-bond acceptors (Lipinski definition) is 3. The Labute approximate surface area is 99.8 Å². The Hall–Kier alpha value is -0.130. The molecule has 1 heterocycles. The van der Waals surface area contributed by atoms with Gasteiger partial charge in [-0.05, 0) is 39.3 Å². The molecule has 5 heteroatoms. The smallest absolute Gasteiger partial charge is 0.261 e. The average molecular weight is 251 g/mol. The topological polar surface area (TPSA) is 57.6 Å². The molecule has 0 aromatic carbocycles. The second-order valence-electron chi connectivity index (χ2n) is 4.47. The van der Waals surface area contributed by atoms with E-state index in [0.29, 0.717) is 6.26 Å². The Morgan fingerprint density at radius 1 is 1.38 bits per heavy atom. The van der Waals surface area contributed by atoms with Gasteiger partial charge in [-0.25, -0.2) is 0 Å². The van der Waals surface area contributed by atoms with Gasteiger partial charge in [0.2, 0.25) is 0 Å². The lowest BCUT2D eigenvalue weighted by molar-refractivity contribution is 0.263. The van der Waals surface area contributed by atoms with Crippen molar-refractivity contribution in [3.63, 3.8) is 0 Å². The summed E-state index contributed by atoms with van der Waals surface area (Å²) in [5.41, 5.74) is 0. The van der Waals surface area contributed by atoms with Crippen molar-refractivity contribution in [1.82, 2.24) is 4.90 Å². The molecule has 0 aromatic heterocycles. The molecule has 1 atom stereocenters. The summed E-state index contributed by atoms with van der Waals surface area (Å²) in [5, 5.41) is 0. The predicted octanol–water partition coefficient (Wildman–Crippen LogP) is 2.16. The number of unbranched alkanes of at least 4 members (excludes halogenated alkanes) is 2. The molecule has 98 valence electrons. The van der Waals surface area contributed by atoms with E-state index in [-0.39, 0.29) is 0 Å². The first kappa shape index (κ1) is 15.9. The van der Waals surface area contributed by atoms with Crippen LogP contribution >= 0.6 is 0 Å². The molecule has 0 bridgehead atoms. The first-order chi connectivity index (χ1) is 7.34. The standard InChI is InChI=1S/C10H21N.CH4O3S/c1-3-4-5-8-11-9-6-7-10(11)2;1-5(2,3)4/h10H,3-9H2,1-2H3;1H3,(H,2,3,4). The van der Waals surface area contributed by atoms with Crippen LogP contribution in [0.5, 0.6) is 0 Å². The highest BCUT2D eigenvalue weighted by Gasteiger charge is 2.18. The Kier molecular flexibility index (Phi) is 7.97. The van der Waals surface area contributed by atoms with Crippen LogP contribution < -0.4 is 0 Å². The quantitative estimate of drug-likeness (QED) is 0.614. The van der Waals surface area contributed by atoms with E-state index in [1.54, 1.807) is 0 Å². The highest BCUT2D eigenvalue weighted by Crippen LogP contribution is 2.16. The molecule has 1 aliphatic rings. The van der Waals surface area contributed by atoms with Crippen LogP contribution in [0.4, 0.5) is 0 Å². The molecule has 1 unspecified atom stereocenters. The monoisotopic (exact) mass is 251 g/mol. The zero-order valence-corrected chi connectivity index (χ0v) is 11.5. The minimum Gasteiger partial charge on any atom is -0.301 e. The van der Waals surface area contributed by atoms with Crippen LogP contribution in [0, 0.1) is 0 Å². The van der Waals surface area contributed by atoms with Crippen molar-refractivity contribution in [3.05, 3.63) is 0 Å². The lowest BCUT2D eigenvalue weighted by Gasteiger charge is -2.20.